The molecule has 0 radical (unpaired) electrons. The number of fused-ring (bicyclic) bond motifs is 1. The fourth-order valence-electron chi connectivity index (χ4n) is 2.40. The molecule has 1 heterocycles. The van der Waals surface area contributed by atoms with Crippen LogP contribution < -0.4 is 5.32 Å². The van der Waals surface area contributed by atoms with E-state index in [-0.39, 0.29) is 6.61 Å². The second-order valence-electron chi connectivity index (χ2n) is 5.36. The fraction of sp³-hybridized carbons (Fsp3) is 0.0526. The van der Waals surface area contributed by atoms with Gasteiger partial charge in [-0.1, -0.05) is 30.3 Å². The number of aromatic nitrogens is 1. The number of carbonyl (C=O) groups excluding carboxylic acids is 1. The summed E-state index contributed by atoms with van der Waals surface area (Å²) in [7, 11) is 0. The molecule has 0 spiro atoms. The predicted octanol–water partition coefficient (Wildman–Crippen LogP) is 4.01. The number of nitrogens with one attached hydrogen (secondary N) is 2. The molecule has 0 aliphatic carbocycles. The number of benzene rings is 2. The van der Waals surface area contributed by atoms with E-state index in [1.807, 2.05) is 30.3 Å². The summed E-state index contributed by atoms with van der Waals surface area (Å²) in [5.41, 5.74) is 3.03. The molecule has 0 saturated carbocycles. The van der Waals surface area contributed by atoms with Gasteiger partial charge in [-0.15, -0.1) is 0 Å². The van der Waals surface area contributed by atoms with Crippen molar-refractivity contribution in [2.75, 3.05) is 5.32 Å². The summed E-state index contributed by atoms with van der Waals surface area (Å²) in [4.78, 5) is 25.6. The number of carbonyl (C=O) groups is 2. The van der Waals surface area contributed by atoms with Crippen LogP contribution in [0.2, 0.25) is 0 Å². The molecule has 0 fully saturated rings. The smallest absolute Gasteiger partial charge is 0.411 e. The van der Waals surface area contributed by atoms with Crippen LogP contribution in [0.4, 0.5) is 10.5 Å². The van der Waals surface area contributed by atoms with Crippen molar-refractivity contribution < 1.29 is 19.4 Å². The lowest BCUT2D eigenvalue weighted by molar-refractivity contribution is -0.131. The van der Waals surface area contributed by atoms with Crippen LogP contribution in [0.25, 0.3) is 17.0 Å². The number of rotatable bonds is 5. The standard InChI is InChI=1S/C19H16N2O4/c22-18(23)9-6-14-11-20-17-8-7-15(10-16(14)17)21-19(24)25-12-13-4-2-1-3-5-13/h1-11,20H,12H2,(H,21,24)(H,22,23). The number of aromatic amines is 1. The van der Waals surface area contributed by atoms with Gasteiger partial charge < -0.3 is 14.8 Å². The van der Waals surface area contributed by atoms with E-state index in [1.165, 1.54) is 6.08 Å². The lowest BCUT2D eigenvalue weighted by Gasteiger charge is -2.07. The number of ether oxygens (including phenoxy) is 1. The predicted molar refractivity (Wildman–Crippen MR) is 95.2 cm³/mol. The van der Waals surface area contributed by atoms with Crippen molar-refractivity contribution in [1.29, 1.82) is 0 Å². The maximum absolute atomic E-state index is 11.9. The molecule has 3 aromatic rings. The Morgan fingerprint density at radius 3 is 2.72 bits per heavy atom. The molecule has 3 rings (SSSR count). The van der Waals surface area contributed by atoms with Crippen molar-refractivity contribution in [3.8, 4) is 0 Å². The molecule has 0 bridgehead atoms. The number of amides is 1. The molecule has 0 atom stereocenters. The van der Waals surface area contributed by atoms with Crippen molar-refractivity contribution in [3.05, 3.63) is 71.9 Å². The highest BCUT2D eigenvalue weighted by Gasteiger charge is 2.07. The SMILES string of the molecule is O=C(O)C=Cc1c[nH]c2ccc(NC(=O)OCc3ccccc3)cc12. The van der Waals surface area contributed by atoms with Gasteiger partial charge in [0, 0.05) is 34.4 Å². The third kappa shape index (κ3) is 4.26. The zero-order valence-electron chi connectivity index (χ0n) is 13.2. The van der Waals surface area contributed by atoms with E-state index < -0.39 is 12.1 Å². The van der Waals surface area contributed by atoms with Crippen LogP contribution in [0.3, 0.4) is 0 Å². The Hall–Kier alpha value is -3.54. The first-order valence-corrected chi connectivity index (χ1v) is 7.61. The molecule has 0 aliphatic rings. The second-order valence-corrected chi connectivity index (χ2v) is 5.36. The van der Waals surface area contributed by atoms with Crippen LogP contribution in [0, 0.1) is 0 Å². The molecule has 2 aromatic carbocycles. The van der Waals surface area contributed by atoms with Crippen LogP contribution in [0.15, 0.2) is 60.8 Å². The second kappa shape index (κ2) is 7.35. The minimum atomic E-state index is -1.02. The molecule has 25 heavy (non-hydrogen) atoms. The largest absolute Gasteiger partial charge is 0.478 e. The Balaban J connectivity index is 1.69. The molecular formula is C19H16N2O4. The summed E-state index contributed by atoms with van der Waals surface area (Å²) >= 11 is 0. The first-order chi connectivity index (χ1) is 12.1. The number of aliphatic carboxylic acids is 1. The third-order valence-electron chi connectivity index (χ3n) is 3.58. The normalized spacial score (nSPS) is 10.9. The maximum atomic E-state index is 11.9. The van der Waals surface area contributed by atoms with E-state index in [1.54, 1.807) is 24.4 Å². The summed E-state index contributed by atoms with van der Waals surface area (Å²) in [6.07, 6.45) is 3.72. The monoisotopic (exact) mass is 336 g/mol. The molecule has 6 nitrogen and oxygen atoms in total. The van der Waals surface area contributed by atoms with Gasteiger partial charge >= 0.3 is 12.1 Å². The van der Waals surface area contributed by atoms with E-state index in [0.29, 0.717) is 5.69 Å². The van der Waals surface area contributed by atoms with E-state index >= 15 is 0 Å². The van der Waals surface area contributed by atoms with Gasteiger partial charge in [0.2, 0.25) is 0 Å². The Morgan fingerprint density at radius 2 is 1.96 bits per heavy atom. The molecule has 1 amide bonds. The fourth-order valence-corrected chi connectivity index (χ4v) is 2.40. The Bertz CT molecular complexity index is 929. The van der Waals surface area contributed by atoms with Crippen molar-refractivity contribution in [1.82, 2.24) is 4.98 Å². The average Bonchev–Trinajstić information content (AvgIpc) is 3.01. The minimum absolute atomic E-state index is 0.186. The van der Waals surface area contributed by atoms with E-state index in [2.05, 4.69) is 10.3 Å². The first-order valence-electron chi connectivity index (χ1n) is 7.61. The third-order valence-corrected chi connectivity index (χ3v) is 3.58. The number of H-pyrrole nitrogens is 1. The maximum Gasteiger partial charge on any atom is 0.411 e. The van der Waals surface area contributed by atoms with Crippen LogP contribution in [-0.4, -0.2) is 22.2 Å². The van der Waals surface area contributed by atoms with Gasteiger partial charge in [-0.05, 0) is 29.8 Å². The Labute approximate surface area is 143 Å². The number of hydrogen-bond acceptors (Lipinski definition) is 3. The van der Waals surface area contributed by atoms with Gasteiger partial charge in [0.1, 0.15) is 6.61 Å². The summed E-state index contributed by atoms with van der Waals surface area (Å²) in [5.74, 6) is -1.02. The van der Waals surface area contributed by atoms with E-state index in [4.69, 9.17) is 9.84 Å². The summed E-state index contributed by atoms with van der Waals surface area (Å²) < 4.78 is 5.19. The molecule has 0 aliphatic heterocycles. The van der Waals surface area contributed by atoms with Crippen molar-refractivity contribution in [2.24, 2.45) is 0 Å². The Kier molecular flexibility index (Phi) is 4.80. The van der Waals surface area contributed by atoms with Crippen LogP contribution in [0.1, 0.15) is 11.1 Å². The van der Waals surface area contributed by atoms with Gasteiger partial charge in [0.25, 0.3) is 0 Å². The molecule has 3 N–H and O–H groups in total. The molecule has 6 heteroatoms. The average molecular weight is 336 g/mol. The number of carboxylic acids is 1. The molecular weight excluding hydrogens is 320 g/mol. The van der Waals surface area contributed by atoms with E-state index in [0.717, 1.165) is 28.1 Å². The Morgan fingerprint density at radius 1 is 1.16 bits per heavy atom. The minimum Gasteiger partial charge on any atom is -0.478 e. The molecule has 0 unspecified atom stereocenters. The zero-order valence-corrected chi connectivity index (χ0v) is 13.2. The summed E-state index contributed by atoms with van der Waals surface area (Å²) in [6.45, 7) is 0.186. The molecule has 126 valence electrons. The van der Waals surface area contributed by atoms with Crippen LogP contribution in [-0.2, 0) is 16.1 Å². The highest BCUT2D eigenvalue weighted by atomic mass is 16.5. The number of hydrogen-bond donors (Lipinski definition) is 3. The van der Waals surface area contributed by atoms with Crippen molar-refractivity contribution >= 4 is 34.7 Å². The van der Waals surface area contributed by atoms with Crippen LogP contribution >= 0.6 is 0 Å². The van der Waals surface area contributed by atoms with E-state index in [9.17, 15) is 9.59 Å². The van der Waals surface area contributed by atoms with Gasteiger partial charge in [-0.2, -0.15) is 0 Å². The van der Waals surface area contributed by atoms with Gasteiger partial charge in [0.05, 0.1) is 0 Å². The summed E-state index contributed by atoms with van der Waals surface area (Å²) in [6, 6.07) is 14.7. The quantitative estimate of drug-likeness (QED) is 0.614. The van der Waals surface area contributed by atoms with Crippen LogP contribution in [0.5, 0.6) is 0 Å². The van der Waals surface area contributed by atoms with Crippen molar-refractivity contribution in [3.63, 3.8) is 0 Å². The molecule has 1 aromatic heterocycles. The van der Waals surface area contributed by atoms with Crippen molar-refractivity contribution in [2.45, 2.75) is 6.61 Å². The highest BCUT2D eigenvalue weighted by Crippen LogP contribution is 2.23. The lowest BCUT2D eigenvalue weighted by atomic mass is 10.1. The molecule has 0 saturated heterocycles. The lowest BCUT2D eigenvalue weighted by Crippen LogP contribution is -2.13. The number of anilines is 1. The van der Waals surface area contributed by atoms with Gasteiger partial charge in [-0.25, -0.2) is 9.59 Å². The van der Waals surface area contributed by atoms with Gasteiger partial charge in [0.15, 0.2) is 0 Å². The first kappa shape index (κ1) is 16.3. The summed E-state index contributed by atoms with van der Waals surface area (Å²) in [5, 5.41) is 12.2. The zero-order chi connectivity index (χ0) is 17.6. The van der Waals surface area contributed by atoms with Gasteiger partial charge in [-0.3, -0.25) is 5.32 Å². The highest BCUT2D eigenvalue weighted by molar-refractivity contribution is 5.96. The number of carboxylic acid groups (broad SMARTS) is 1. The topological polar surface area (TPSA) is 91.4 Å².